The molecule has 0 unspecified atom stereocenters. The number of esters is 1. The average molecular weight is 214 g/mol. The molecule has 0 heterocycles. The van der Waals surface area contributed by atoms with Crippen molar-refractivity contribution < 1.29 is 19.4 Å². The van der Waals surface area contributed by atoms with E-state index in [9.17, 15) is 9.59 Å². The van der Waals surface area contributed by atoms with E-state index in [-0.39, 0.29) is 5.92 Å². The van der Waals surface area contributed by atoms with E-state index < -0.39 is 23.0 Å². The summed E-state index contributed by atoms with van der Waals surface area (Å²) >= 11 is 0. The summed E-state index contributed by atoms with van der Waals surface area (Å²) in [4.78, 5) is 22.8. The van der Waals surface area contributed by atoms with Crippen molar-refractivity contribution in [1.82, 2.24) is 0 Å². The number of carboxylic acid groups (broad SMARTS) is 1. The van der Waals surface area contributed by atoms with E-state index >= 15 is 0 Å². The lowest BCUT2D eigenvalue weighted by molar-refractivity contribution is -0.170. The van der Waals surface area contributed by atoms with Crippen molar-refractivity contribution in [1.29, 1.82) is 0 Å². The predicted molar refractivity (Wildman–Crippen MR) is 54.3 cm³/mol. The molecule has 0 spiro atoms. The van der Waals surface area contributed by atoms with E-state index in [0.717, 1.165) is 0 Å². The zero-order valence-corrected chi connectivity index (χ0v) is 9.66. The third-order valence-electron chi connectivity index (χ3n) is 2.74. The molecule has 0 aromatic carbocycles. The molecule has 1 N–H and O–H groups in total. The van der Waals surface area contributed by atoms with E-state index in [4.69, 9.17) is 9.84 Å². The summed E-state index contributed by atoms with van der Waals surface area (Å²) in [5, 5.41) is 9.07. The molecule has 0 aliphatic heterocycles. The molecular weight excluding hydrogens is 196 g/mol. The minimum atomic E-state index is -1.26. The van der Waals surface area contributed by atoms with Crippen LogP contribution in [-0.4, -0.2) is 22.6 Å². The van der Waals surface area contributed by atoms with Gasteiger partial charge in [-0.2, -0.15) is 0 Å². The quantitative estimate of drug-likeness (QED) is 0.575. The first-order valence-corrected chi connectivity index (χ1v) is 5.21. The Kier molecular flexibility index (Phi) is 2.81. The average Bonchev–Trinajstić information content (AvgIpc) is 2.75. The van der Waals surface area contributed by atoms with Crippen LogP contribution in [0.25, 0.3) is 0 Å². The lowest BCUT2D eigenvalue weighted by Gasteiger charge is -2.22. The SMILES string of the molecule is CC[C@H]1C[C@@]1(C(=O)O)C(=O)OC(C)(C)C. The summed E-state index contributed by atoms with van der Waals surface area (Å²) in [5.74, 6) is -1.71. The summed E-state index contributed by atoms with van der Waals surface area (Å²) in [6.45, 7) is 7.11. The van der Waals surface area contributed by atoms with Gasteiger partial charge in [0.15, 0.2) is 5.41 Å². The van der Waals surface area contributed by atoms with Gasteiger partial charge in [-0.05, 0) is 33.1 Å². The standard InChI is InChI=1S/C11H18O4/c1-5-7-6-11(7,8(12)13)9(14)15-10(2,3)4/h7H,5-6H2,1-4H3,(H,12,13)/t7-,11+/m0/s1. The molecule has 86 valence electrons. The Morgan fingerprint density at radius 3 is 2.27 bits per heavy atom. The number of carbonyl (C=O) groups is 2. The molecule has 1 aliphatic carbocycles. The van der Waals surface area contributed by atoms with E-state index in [1.807, 2.05) is 6.92 Å². The molecule has 1 fully saturated rings. The lowest BCUT2D eigenvalue weighted by atomic mass is 10.0. The van der Waals surface area contributed by atoms with Crippen molar-refractivity contribution in [3.8, 4) is 0 Å². The van der Waals surface area contributed by atoms with E-state index in [2.05, 4.69) is 0 Å². The maximum Gasteiger partial charge on any atom is 0.324 e. The van der Waals surface area contributed by atoms with Crippen molar-refractivity contribution in [2.24, 2.45) is 11.3 Å². The Morgan fingerprint density at radius 1 is 1.47 bits per heavy atom. The number of aliphatic carboxylic acids is 1. The van der Waals surface area contributed by atoms with Crippen LogP contribution in [0.4, 0.5) is 0 Å². The molecule has 0 aromatic rings. The number of rotatable bonds is 3. The van der Waals surface area contributed by atoms with Gasteiger partial charge < -0.3 is 9.84 Å². The van der Waals surface area contributed by atoms with Crippen LogP contribution in [0.5, 0.6) is 0 Å². The fourth-order valence-corrected chi connectivity index (χ4v) is 1.79. The first-order chi connectivity index (χ1) is 6.74. The molecule has 0 radical (unpaired) electrons. The van der Waals surface area contributed by atoms with Gasteiger partial charge in [-0.3, -0.25) is 9.59 Å². The Hall–Kier alpha value is -1.06. The van der Waals surface area contributed by atoms with E-state index in [0.29, 0.717) is 12.8 Å². The Bertz CT molecular complexity index is 289. The zero-order valence-electron chi connectivity index (χ0n) is 9.66. The van der Waals surface area contributed by atoms with Crippen LogP contribution in [0.15, 0.2) is 0 Å². The predicted octanol–water partition coefficient (Wildman–Crippen LogP) is 1.83. The Balaban J connectivity index is 2.77. The summed E-state index contributed by atoms with van der Waals surface area (Å²) in [7, 11) is 0. The Labute approximate surface area is 89.6 Å². The molecule has 1 saturated carbocycles. The Morgan fingerprint density at radius 2 is 2.00 bits per heavy atom. The van der Waals surface area contributed by atoms with Gasteiger partial charge in [-0.15, -0.1) is 0 Å². The maximum atomic E-state index is 11.8. The molecule has 4 heteroatoms. The number of hydrogen-bond donors (Lipinski definition) is 1. The van der Waals surface area contributed by atoms with Crippen LogP contribution in [0, 0.1) is 11.3 Å². The highest BCUT2D eigenvalue weighted by atomic mass is 16.6. The van der Waals surface area contributed by atoms with Crippen molar-refractivity contribution in [2.75, 3.05) is 0 Å². The number of ether oxygens (including phenoxy) is 1. The molecule has 4 nitrogen and oxygen atoms in total. The second kappa shape index (κ2) is 3.51. The second-order valence-electron chi connectivity index (χ2n) is 5.09. The van der Waals surface area contributed by atoms with E-state index in [1.54, 1.807) is 20.8 Å². The lowest BCUT2D eigenvalue weighted by Crippen LogP contribution is -2.35. The smallest absolute Gasteiger partial charge is 0.324 e. The minimum Gasteiger partial charge on any atom is -0.480 e. The molecule has 0 bridgehead atoms. The van der Waals surface area contributed by atoms with Crippen LogP contribution in [0.3, 0.4) is 0 Å². The van der Waals surface area contributed by atoms with Crippen LogP contribution in [0.2, 0.25) is 0 Å². The second-order valence-corrected chi connectivity index (χ2v) is 5.09. The fraction of sp³-hybridized carbons (Fsp3) is 0.818. The fourth-order valence-electron chi connectivity index (χ4n) is 1.79. The third-order valence-corrected chi connectivity index (χ3v) is 2.74. The first-order valence-electron chi connectivity index (χ1n) is 5.21. The summed E-state index contributed by atoms with van der Waals surface area (Å²) in [6.07, 6.45) is 1.11. The van der Waals surface area contributed by atoms with Crippen LogP contribution in [0.1, 0.15) is 40.5 Å². The number of carboxylic acids is 1. The third kappa shape index (κ3) is 2.13. The molecule has 1 aliphatic rings. The highest BCUT2D eigenvalue weighted by Gasteiger charge is 2.66. The highest BCUT2D eigenvalue weighted by Crippen LogP contribution is 2.55. The largest absolute Gasteiger partial charge is 0.480 e. The summed E-state index contributed by atoms with van der Waals surface area (Å²) in [5.41, 5.74) is -1.89. The molecular formula is C11H18O4. The van der Waals surface area contributed by atoms with Gasteiger partial charge >= 0.3 is 11.9 Å². The van der Waals surface area contributed by atoms with Crippen molar-refractivity contribution in [2.45, 2.75) is 46.1 Å². The van der Waals surface area contributed by atoms with Gasteiger partial charge in [0.1, 0.15) is 5.60 Å². The number of carbonyl (C=O) groups excluding carboxylic acids is 1. The van der Waals surface area contributed by atoms with E-state index in [1.165, 1.54) is 0 Å². The molecule has 2 atom stereocenters. The van der Waals surface area contributed by atoms with Gasteiger partial charge in [0.25, 0.3) is 0 Å². The number of hydrogen-bond acceptors (Lipinski definition) is 3. The molecule has 15 heavy (non-hydrogen) atoms. The summed E-state index contributed by atoms with van der Waals surface area (Å²) < 4.78 is 5.14. The normalized spacial score (nSPS) is 29.7. The maximum absolute atomic E-state index is 11.8. The minimum absolute atomic E-state index is 0.0650. The van der Waals surface area contributed by atoms with Gasteiger partial charge in [0.05, 0.1) is 0 Å². The molecule has 0 amide bonds. The molecule has 1 rings (SSSR count). The van der Waals surface area contributed by atoms with Crippen LogP contribution < -0.4 is 0 Å². The van der Waals surface area contributed by atoms with Crippen LogP contribution in [-0.2, 0) is 14.3 Å². The van der Waals surface area contributed by atoms with Gasteiger partial charge in [0.2, 0.25) is 0 Å². The van der Waals surface area contributed by atoms with Crippen molar-refractivity contribution >= 4 is 11.9 Å². The molecule has 0 saturated heterocycles. The van der Waals surface area contributed by atoms with Gasteiger partial charge in [-0.25, -0.2) is 0 Å². The van der Waals surface area contributed by atoms with Crippen molar-refractivity contribution in [3.05, 3.63) is 0 Å². The highest BCUT2D eigenvalue weighted by molar-refractivity contribution is 6.03. The summed E-state index contributed by atoms with van der Waals surface area (Å²) in [6, 6.07) is 0. The topological polar surface area (TPSA) is 63.6 Å². The van der Waals surface area contributed by atoms with Crippen LogP contribution >= 0.6 is 0 Å². The zero-order chi connectivity index (χ0) is 11.9. The van der Waals surface area contributed by atoms with Crippen molar-refractivity contribution in [3.63, 3.8) is 0 Å². The van der Waals surface area contributed by atoms with Gasteiger partial charge in [-0.1, -0.05) is 13.3 Å². The molecule has 0 aromatic heterocycles. The van der Waals surface area contributed by atoms with Gasteiger partial charge in [0, 0.05) is 0 Å². The monoisotopic (exact) mass is 214 g/mol. The first kappa shape index (κ1) is 12.0.